The van der Waals surface area contributed by atoms with Crippen LogP contribution in [0.25, 0.3) is 10.9 Å². The van der Waals surface area contributed by atoms with Gasteiger partial charge in [0, 0.05) is 42.8 Å². The third-order valence-corrected chi connectivity index (χ3v) is 6.19. The van der Waals surface area contributed by atoms with Gasteiger partial charge in [0.25, 0.3) is 5.91 Å². The zero-order chi connectivity index (χ0) is 23.8. The van der Waals surface area contributed by atoms with Gasteiger partial charge < -0.3 is 9.80 Å². The minimum Gasteiger partial charge on any atom is -0.339 e. The van der Waals surface area contributed by atoms with E-state index in [2.05, 4.69) is 4.98 Å². The van der Waals surface area contributed by atoms with Crippen LogP contribution in [0.4, 0.5) is 13.2 Å². The van der Waals surface area contributed by atoms with E-state index in [9.17, 15) is 22.8 Å². The lowest BCUT2D eigenvalue weighted by atomic mass is 9.99. The largest absolute Gasteiger partial charge is 0.416 e. The van der Waals surface area contributed by atoms with E-state index in [1.165, 1.54) is 12.1 Å². The van der Waals surface area contributed by atoms with Gasteiger partial charge in [-0.15, -0.1) is 0 Å². The normalized spacial score (nSPS) is 14.6. The molecule has 0 spiro atoms. The highest BCUT2D eigenvalue weighted by Gasteiger charge is 2.31. The maximum absolute atomic E-state index is 13.0. The number of halogens is 3. The molecule has 3 aromatic rings. The van der Waals surface area contributed by atoms with Gasteiger partial charge in [-0.05, 0) is 55.3 Å². The average Bonchev–Trinajstić information content (AvgIpc) is 2.81. The molecular weight excluding hydrogens is 431 g/mol. The third-order valence-electron chi connectivity index (χ3n) is 6.19. The van der Waals surface area contributed by atoms with Crippen LogP contribution in [0.5, 0.6) is 0 Å². The lowest BCUT2D eigenvalue weighted by molar-refractivity contribution is -0.137. The maximum atomic E-state index is 13.0. The topological polar surface area (TPSA) is 53.5 Å². The number of rotatable bonds is 3. The lowest BCUT2D eigenvalue weighted by Gasteiger charge is -2.35. The zero-order valence-corrected chi connectivity index (χ0v) is 18.4. The SMILES string of the molecule is Cc1nc2ccccc2c(C)c1CC(=O)N1CCN(C(=O)c2ccc(C(F)(F)F)cc2)CC1. The number of para-hydroxylation sites is 1. The molecule has 0 aliphatic carbocycles. The van der Waals surface area contributed by atoms with Crippen molar-refractivity contribution in [1.29, 1.82) is 0 Å². The summed E-state index contributed by atoms with van der Waals surface area (Å²) < 4.78 is 38.2. The second-order valence-corrected chi connectivity index (χ2v) is 8.24. The van der Waals surface area contributed by atoms with Gasteiger partial charge in [0.2, 0.25) is 5.91 Å². The van der Waals surface area contributed by atoms with E-state index >= 15 is 0 Å². The highest BCUT2D eigenvalue weighted by molar-refractivity contribution is 5.94. The average molecular weight is 455 g/mol. The number of nitrogens with zero attached hydrogens (tertiary/aromatic N) is 3. The number of hydrogen-bond acceptors (Lipinski definition) is 3. The number of carbonyl (C=O) groups excluding carboxylic acids is 2. The fourth-order valence-electron chi connectivity index (χ4n) is 4.24. The molecule has 2 amide bonds. The van der Waals surface area contributed by atoms with E-state index in [1.807, 2.05) is 38.1 Å². The van der Waals surface area contributed by atoms with Gasteiger partial charge >= 0.3 is 6.18 Å². The molecule has 33 heavy (non-hydrogen) atoms. The first-order valence-corrected chi connectivity index (χ1v) is 10.7. The Hall–Kier alpha value is -3.42. The number of pyridine rings is 1. The Balaban J connectivity index is 1.39. The van der Waals surface area contributed by atoms with Crippen LogP contribution in [0.2, 0.25) is 0 Å². The highest BCUT2D eigenvalue weighted by atomic mass is 19.4. The van der Waals surface area contributed by atoms with Crippen molar-refractivity contribution >= 4 is 22.7 Å². The molecule has 0 N–H and O–H groups in total. The van der Waals surface area contributed by atoms with Crippen molar-refractivity contribution in [3.8, 4) is 0 Å². The van der Waals surface area contributed by atoms with Gasteiger partial charge in [-0.1, -0.05) is 18.2 Å². The predicted octanol–water partition coefficient (Wildman–Crippen LogP) is 4.40. The Morgan fingerprint density at radius 1 is 0.909 bits per heavy atom. The fraction of sp³-hybridized carbons (Fsp3) is 0.320. The molecule has 5 nitrogen and oxygen atoms in total. The predicted molar refractivity (Wildman–Crippen MR) is 119 cm³/mol. The Morgan fingerprint density at radius 3 is 2.15 bits per heavy atom. The smallest absolute Gasteiger partial charge is 0.339 e. The molecule has 1 aliphatic heterocycles. The summed E-state index contributed by atoms with van der Waals surface area (Å²) in [6.45, 7) is 5.33. The van der Waals surface area contributed by atoms with Gasteiger partial charge in [0.1, 0.15) is 0 Å². The first-order chi connectivity index (χ1) is 15.6. The molecule has 0 atom stereocenters. The third kappa shape index (κ3) is 4.69. The van der Waals surface area contributed by atoms with E-state index < -0.39 is 11.7 Å². The molecule has 1 saturated heterocycles. The molecule has 1 aliphatic rings. The number of carbonyl (C=O) groups is 2. The molecule has 1 aromatic heterocycles. The number of hydrogen-bond donors (Lipinski definition) is 0. The molecule has 172 valence electrons. The Morgan fingerprint density at radius 2 is 1.52 bits per heavy atom. The molecule has 8 heteroatoms. The number of benzene rings is 2. The summed E-state index contributed by atoms with van der Waals surface area (Å²) in [6, 6.07) is 12.0. The van der Waals surface area contributed by atoms with Crippen LogP contribution in [0.3, 0.4) is 0 Å². The van der Waals surface area contributed by atoms with Crippen LogP contribution >= 0.6 is 0 Å². The van der Waals surface area contributed by atoms with E-state index in [-0.39, 0.29) is 23.8 Å². The summed E-state index contributed by atoms with van der Waals surface area (Å²) in [5, 5.41) is 1.03. The Bertz CT molecular complexity index is 1200. The second kappa shape index (κ2) is 8.84. The Labute approximate surface area is 189 Å². The maximum Gasteiger partial charge on any atom is 0.416 e. The van der Waals surface area contributed by atoms with Crippen LogP contribution < -0.4 is 0 Å². The van der Waals surface area contributed by atoms with Crippen molar-refractivity contribution < 1.29 is 22.8 Å². The number of alkyl halides is 3. The first-order valence-electron chi connectivity index (χ1n) is 10.7. The van der Waals surface area contributed by atoms with Crippen molar-refractivity contribution in [3.63, 3.8) is 0 Å². The first kappa shape index (κ1) is 22.8. The molecular formula is C25H24F3N3O2. The van der Waals surface area contributed by atoms with Crippen LogP contribution in [0, 0.1) is 13.8 Å². The number of amides is 2. The van der Waals surface area contributed by atoms with Gasteiger partial charge in [0.05, 0.1) is 17.5 Å². The molecule has 0 radical (unpaired) electrons. The number of aryl methyl sites for hydroxylation is 2. The summed E-state index contributed by atoms with van der Waals surface area (Å²) in [6.07, 6.45) is -4.20. The molecule has 0 bridgehead atoms. The van der Waals surface area contributed by atoms with Crippen molar-refractivity contribution in [2.75, 3.05) is 26.2 Å². The molecule has 0 unspecified atom stereocenters. The van der Waals surface area contributed by atoms with Gasteiger partial charge in [0.15, 0.2) is 0 Å². The second-order valence-electron chi connectivity index (χ2n) is 8.24. The van der Waals surface area contributed by atoms with Gasteiger partial charge in [-0.25, -0.2) is 0 Å². The molecule has 4 rings (SSSR count). The van der Waals surface area contributed by atoms with Crippen LogP contribution in [0.15, 0.2) is 48.5 Å². The standard InChI is InChI=1S/C25H24F3N3O2/c1-16-20-5-3-4-6-22(20)29-17(2)21(16)15-23(32)30-11-13-31(14-12-30)24(33)18-7-9-19(10-8-18)25(26,27)28/h3-10H,11-15H2,1-2H3. The zero-order valence-electron chi connectivity index (χ0n) is 18.4. The summed E-state index contributed by atoms with van der Waals surface area (Å²) >= 11 is 0. The summed E-state index contributed by atoms with van der Waals surface area (Å²) in [5.41, 5.74) is 3.11. The van der Waals surface area contributed by atoms with Crippen LogP contribution in [-0.4, -0.2) is 52.8 Å². The van der Waals surface area contributed by atoms with E-state index in [4.69, 9.17) is 0 Å². The van der Waals surface area contributed by atoms with Crippen molar-refractivity contribution in [2.24, 2.45) is 0 Å². The van der Waals surface area contributed by atoms with Crippen molar-refractivity contribution in [2.45, 2.75) is 26.4 Å². The monoisotopic (exact) mass is 455 g/mol. The quantitative estimate of drug-likeness (QED) is 0.589. The Kier molecular flexibility index (Phi) is 6.10. The number of piperazine rings is 1. The molecule has 2 aromatic carbocycles. The van der Waals surface area contributed by atoms with Crippen LogP contribution in [0.1, 0.15) is 32.7 Å². The van der Waals surface area contributed by atoms with E-state index in [1.54, 1.807) is 9.80 Å². The summed E-state index contributed by atoms with van der Waals surface area (Å²) in [7, 11) is 0. The van der Waals surface area contributed by atoms with Crippen molar-refractivity contribution in [1.82, 2.24) is 14.8 Å². The molecule has 2 heterocycles. The summed E-state index contributed by atoms with van der Waals surface area (Å²) in [4.78, 5) is 33.6. The van der Waals surface area contributed by atoms with Gasteiger partial charge in [-0.2, -0.15) is 13.2 Å². The van der Waals surface area contributed by atoms with E-state index in [0.29, 0.717) is 26.2 Å². The minimum atomic E-state index is -4.44. The molecule has 0 saturated carbocycles. The highest BCUT2D eigenvalue weighted by Crippen LogP contribution is 2.29. The molecule has 1 fully saturated rings. The van der Waals surface area contributed by atoms with E-state index in [0.717, 1.165) is 39.9 Å². The van der Waals surface area contributed by atoms with Crippen molar-refractivity contribution in [3.05, 3.63) is 76.5 Å². The van der Waals surface area contributed by atoms with Gasteiger partial charge in [-0.3, -0.25) is 14.6 Å². The number of aromatic nitrogens is 1. The van der Waals surface area contributed by atoms with Crippen LogP contribution in [-0.2, 0) is 17.4 Å². The minimum absolute atomic E-state index is 0.0279. The fourth-order valence-corrected chi connectivity index (χ4v) is 4.24. The number of fused-ring (bicyclic) bond motifs is 1. The lowest BCUT2D eigenvalue weighted by Crippen LogP contribution is -2.51. The summed E-state index contributed by atoms with van der Waals surface area (Å²) in [5.74, 6) is -0.360.